The van der Waals surface area contributed by atoms with Gasteiger partial charge in [0.05, 0.1) is 0 Å². The summed E-state index contributed by atoms with van der Waals surface area (Å²) in [5.41, 5.74) is 0. The zero-order chi connectivity index (χ0) is 13.2. The number of hydrogen-bond donors (Lipinski definition) is 2. The summed E-state index contributed by atoms with van der Waals surface area (Å²) in [6, 6.07) is 0. The average molecular weight is 269 g/mol. The van der Waals surface area contributed by atoms with Gasteiger partial charge in [0.1, 0.15) is 5.82 Å². The van der Waals surface area contributed by atoms with E-state index in [0.29, 0.717) is 5.82 Å². The molecule has 0 aliphatic rings. The Morgan fingerprint density at radius 1 is 1.50 bits per heavy atom. The Balaban J connectivity index is 2.27. The second-order valence-electron chi connectivity index (χ2n) is 3.86. The van der Waals surface area contributed by atoms with Gasteiger partial charge in [-0.25, -0.2) is 14.7 Å². The second-order valence-corrected chi connectivity index (χ2v) is 5.49. The van der Waals surface area contributed by atoms with Crippen LogP contribution in [0.2, 0.25) is 0 Å². The fourth-order valence-corrected chi connectivity index (χ4v) is 2.57. The van der Waals surface area contributed by atoms with Crippen LogP contribution < -0.4 is 4.72 Å². The minimum absolute atomic E-state index is 0.00449. The molecule has 0 spiro atoms. The number of H-pyrrole nitrogens is 1. The number of hydrogen-bond acceptors (Lipinski definition) is 4. The summed E-state index contributed by atoms with van der Waals surface area (Å²) in [6.45, 7) is 4.55. The number of anilines is 1. The molecule has 0 aliphatic heterocycles. The molecule has 0 aliphatic carbocycles. The minimum Gasteiger partial charge on any atom is -0.334 e. The molecule has 2 rings (SSSR count). The first-order chi connectivity index (χ1) is 8.53. The van der Waals surface area contributed by atoms with Crippen molar-refractivity contribution in [2.24, 2.45) is 0 Å². The lowest BCUT2D eigenvalue weighted by molar-refractivity contribution is 0.597. The third-order valence-electron chi connectivity index (χ3n) is 2.42. The number of nitrogens with one attached hydrogen (secondary N) is 2. The number of aromatic amines is 1. The highest BCUT2D eigenvalue weighted by Gasteiger charge is 2.19. The Hall–Kier alpha value is -1.83. The zero-order valence-corrected chi connectivity index (χ0v) is 11.0. The van der Waals surface area contributed by atoms with Gasteiger partial charge < -0.3 is 9.55 Å². The highest BCUT2D eigenvalue weighted by Crippen LogP contribution is 2.13. The molecule has 0 aromatic carbocycles. The Kier molecular flexibility index (Phi) is 3.37. The summed E-state index contributed by atoms with van der Waals surface area (Å²) in [5.74, 6) is 0.856. The fourth-order valence-electron chi connectivity index (χ4n) is 1.58. The third-order valence-corrected chi connectivity index (χ3v) is 3.63. The molecule has 2 N–H and O–H groups in total. The lowest BCUT2D eigenvalue weighted by Crippen LogP contribution is -2.14. The molecule has 0 saturated carbocycles. The molecule has 0 atom stereocenters. The van der Waals surface area contributed by atoms with Crippen molar-refractivity contribution in [3.8, 4) is 0 Å². The second kappa shape index (κ2) is 4.81. The molecule has 7 nitrogen and oxygen atoms in total. The van der Waals surface area contributed by atoms with Crippen molar-refractivity contribution in [3.05, 3.63) is 24.4 Å². The van der Waals surface area contributed by atoms with Gasteiger partial charge in [-0.15, -0.1) is 0 Å². The van der Waals surface area contributed by atoms with E-state index < -0.39 is 10.0 Å². The molecule has 18 heavy (non-hydrogen) atoms. The molecule has 0 radical (unpaired) electrons. The summed E-state index contributed by atoms with van der Waals surface area (Å²) >= 11 is 0. The SMILES string of the molecule is CCCn1cc(S(=O)(=O)Nc2ncc[nH]2)nc1C. The lowest BCUT2D eigenvalue weighted by atomic mass is 10.5. The summed E-state index contributed by atoms with van der Waals surface area (Å²) in [5, 5.41) is 0.00449. The Labute approximate surface area is 105 Å². The Bertz CT molecular complexity index is 615. The van der Waals surface area contributed by atoms with Crippen molar-refractivity contribution in [2.75, 3.05) is 4.72 Å². The van der Waals surface area contributed by atoms with Crippen molar-refractivity contribution < 1.29 is 8.42 Å². The van der Waals surface area contributed by atoms with Crippen molar-refractivity contribution in [3.63, 3.8) is 0 Å². The number of aromatic nitrogens is 4. The number of rotatable bonds is 5. The molecule has 0 saturated heterocycles. The van der Waals surface area contributed by atoms with E-state index in [0.717, 1.165) is 13.0 Å². The van der Waals surface area contributed by atoms with Crippen LogP contribution in [0.3, 0.4) is 0 Å². The van der Waals surface area contributed by atoms with Crippen molar-refractivity contribution >= 4 is 16.0 Å². The van der Waals surface area contributed by atoms with E-state index in [1.165, 1.54) is 12.4 Å². The number of sulfonamides is 1. The third kappa shape index (κ3) is 2.53. The van der Waals surface area contributed by atoms with E-state index in [2.05, 4.69) is 19.7 Å². The van der Waals surface area contributed by atoms with Crippen LogP contribution >= 0.6 is 0 Å². The average Bonchev–Trinajstić information content (AvgIpc) is 2.90. The van der Waals surface area contributed by atoms with E-state index in [-0.39, 0.29) is 11.0 Å². The normalized spacial score (nSPS) is 11.7. The van der Waals surface area contributed by atoms with E-state index in [9.17, 15) is 8.42 Å². The van der Waals surface area contributed by atoms with Crippen LogP contribution in [0.4, 0.5) is 5.95 Å². The number of nitrogens with zero attached hydrogens (tertiary/aromatic N) is 3. The lowest BCUT2D eigenvalue weighted by Gasteiger charge is -2.01. The van der Waals surface area contributed by atoms with Gasteiger partial charge in [-0.3, -0.25) is 0 Å². The van der Waals surface area contributed by atoms with Crippen molar-refractivity contribution in [1.82, 2.24) is 19.5 Å². The predicted molar refractivity (Wildman–Crippen MR) is 66.7 cm³/mol. The summed E-state index contributed by atoms with van der Waals surface area (Å²) in [4.78, 5) is 10.5. The van der Waals surface area contributed by atoms with Crippen LogP contribution in [0.1, 0.15) is 19.2 Å². The van der Waals surface area contributed by atoms with Gasteiger partial charge in [-0.05, 0) is 13.3 Å². The molecular formula is C10H15N5O2S. The zero-order valence-electron chi connectivity index (χ0n) is 10.2. The van der Waals surface area contributed by atoms with Gasteiger partial charge in [0, 0.05) is 25.1 Å². The molecule has 2 aromatic rings. The predicted octanol–water partition coefficient (Wildman–Crippen LogP) is 1.13. The summed E-state index contributed by atoms with van der Waals surface area (Å²) in [7, 11) is -3.68. The fraction of sp³-hybridized carbons (Fsp3) is 0.400. The van der Waals surface area contributed by atoms with Gasteiger partial charge in [0.2, 0.25) is 5.95 Å². The minimum atomic E-state index is -3.68. The molecule has 98 valence electrons. The van der Waals surface area contributed by atoms with E-state index in [1.54, 1.807) is 13.1 Å². The first kappa shape index (κ1) is 12.6. The molecule has 0 fully saturated rings. The Morgan fingerprint density at radius 2 is 2.28 bits per heavy atom. The van der Waals surface area contributed by atoms with Crippen LogP contribution in [0.15, 0.2) is 23.6 Å². The van der Waals surface area contributed by atoms with E-state index >= 15 is 0 Å². The van der Waals surface area contributed by atoms with Crippen LogP contribution in [0.25, 0.3) is 0 Å². The van der Waals surface area contributed by atoms with Gasteiger partial charge in [0.15, 0.2) is 5.03 Å². The standard InChI is InChI=1S/C10H15N5O2S/c1-3-6-15-7-9(13-8(15)2)18(16,17)14-10-11-4-5-12-10/h4-5,7H,3,6H2,1-2H3,(H2,11,12,14). The van der Waals surface area contributed by atoms with Crippen molar-refractivity contribution in [2.45, 2.75) is 31.8 Å². The highest BCUT2D eigenvalue weighted by molar-refractivity contribution is 7.92. The van der Waals surface area contributed by atoms with Crippen molar-refractivity contribution in [1.29, 1.82) is 0 Å². The van der Waals surface area contributed by atoms with Gasteiger partial charge >= 0.3 is 0 Å². The van der Waals surface area contributed by atoms with Crippen LogP contribution in [0.5, 0.6) is 0 Å². The van der Waals surface area contributed by atoms with Gasteiger partial charge in [0.25, 0.3) is 10.0 Å². The highest BCUT2D eigenvalue weighted by atomic mass is 32.2. The maximum atomic E-state index is 12.0. The molecule has 0 unspecified atom stereocenters. The van der Waals surface area contributed by atoms with E-state index in [1.807, 2.05) is 11.5 Å². The van der Waals surface area contributed by atoms with Crippen LogP contribution in [-0.2, 0) is 16.6 Å². The Morgan fingerprint density at radius 3 is 2.89 bits per heavy atom. The topological polar surface area (TPSA) is 92.7 Å². The van der Waals surface area contributed by atoms with Gasteiger partial charge in [-0.2, -0.15) is 8.42 Å². The van der Waals surface area contributed by atoms with Gasteiger partial charge in [-0.1, -0.05) is 6.92 Å². The first-order valence-electron chi connectivity index (χ1n) is 5.59. The summed E-state index contributed by atoms with van der Waals surface area (Å²) in [6.07, 6.45) is 5.46. The van der Waals surface area contributed by atoms with Crippen LogP contribution in [-0.4, -0.2) is 27.9 Å². The van der Waals surface area contributed by atoms with Crippen LogP contribution in [0, 0.1) is 6.92 Å². The quantitative estimate of drug-likeness (QED) is 0.850. The van der Waals surface area contributed by atoms with E-state index in [4.69, 9.17) is 0 Å². The molecule has 8 heteroatoms. The molecule has 2 heterocycles. The summed E-state index contributed by atoms with van der Waals surface area (Å²) < 4.78 is 28.2. The molecule has 2 aromatic heterocycles. The number of imidazole rings is 2. The smallest absolute Gasteiger partial charge is 0.283 e. The molecule has 0 amide bonds. The monoisotopic (exact) mass is 269 g/mol. The largest absolute Gasteiger partial charge is 0.334 e. The molecular weight excluding hydrogens is 254 g/mol. The number of aryl methyl sites for hydroxylation is 2. The molecule has 0 bridgehead atoms. The maximum absolute atomic E-state index is 12.0. The first-order valence-corrected chi connectivity index (χ1v) is 7.07. The maximum Gasteiger partial charge on any atom is 0.283 e.